The summed E-state index contributed by atoms with van der Waals surface area (Å²) in [4.78, 5) is 0. The number of ether oxygens (including phenoxy) is 2. The molecule has 6 nitrogen and oxygen atoms in total. The molecule has 0 amide bonds. The third kappa shape index (κ3) is 4.42. The number of nitrogens with zero attached hydrogens (tertiary/aromatic N) is 3. The molecular weight excluding hydrogens is 348 g/mol. The first-order valence-corrected chi connectivity index (χ1v) is 8.78. The molecule has 0 spiro atoms. The summed E-state index contributed by atoms with van der Waals surface area (Å²) in [6.07, 6.45) is 2.60. The summed E-state index contributed by atoms with van der Waals surface area (Å²) in [7, 11) is 3.58. The monoisotopic (exact) mass is 370 g/mol. The van der Waals surface area contributed by atoms with Gasteiger partial charge in [0.25, 0.3) is 0 Å². The van der Waals surface area contributed by atoms with E-state index in [1.165, 1.54) is 0 Å². The molecule has 8 heteroatoms. The van der Waals surface area contributed by atoms with Crippen LogP contribution in [0.1, 0.15) is 18.7 Å². The van der Waals surface area contributed by atoms with E-state index in [0.717, 1.165) is 47.6 Å². The average molecular weight is 371 g/mol. The largest absolute Gasteiger partial charge is 0.497 e. The molecule has 1 saturated heterocycles. The van der Waals surface area contributed by atoms with E-state index in [9.17, 15) is 0 Å². The van der Waals surface area contributed by atoms with Crippen molar-refractivity contribution in [3.05, 3.63) is 30.1 Å². The maximum absolute atomic E-state index is 5.70. The quantitative estimate of drug-likeness (QED) is 0.756. The first-order valence-electron chi connectivity index (χ1n) is 7.79. The summed E-state index contributed by atoms with van der Waals surface area (Å²) in [6, 6.07) is 7.95. The van der Waals surface area contributed by atoms with E-state index in [1.807, 2.05) is 31.3 Å². The second-order valence-electron chi connectivity index (χ2n) is 5.41. The Labute approximate surface area is 152 Å². The van der Waals surface area contributed by atoms with Crippen molar-refractivity contribution in [2.24, 2.45) is 0 Å². The van der Waals surface area contributed by atoms with E-state index in [-0.39, 0.29) is 12.4 Å². The maximum Gasteiger partial charge on any atom is 0.195 e. The molecule has 2 aromatic rings. The van der Waals surface area contributed by atoms with Crippen LogP contribution in [0.3, 0.4) is 0 Å². The Morgan fingerprint density at radius 3 is 3.00 bits per heavy atom. The van der Waals surface area contributed by atoms with Crippen molar-refractivity contribution in [2.45, 2.75) is 30.6 Å². The summed E-state index contributed by atoms with van der Waals surface area (Å²) in [5.74, 6) is 2.61. The smallest absolute Gasteiger partial charge is 0.195 e. The van der Waals surface area contributed by atoms with Crippen LogP contribution in [0.25, 0.3) is 5.69 Å². The summed E-state index contributed by atoms with van der Waals surface area (Å²) in [5.41, 5.74) is 1.01. The van der Waals surface area contributed by atoms with Gasteiger partial charge in [0.2, 0.25) is 0 Å². The molecule has 1 aliphatic rings. The van der Waals surface area contributed by atoms with Crippen molar-refractivity contribution < 1.29 is 9.47 Å². The maximum atomic E-state index is 5.70. The second kappa shape index (κ2) is 9.27. The van der Waals surface area contributed by atoms with Gasteiger partial charge in [-0.1, -0.05) is 17.8 Å². The highest BCUT2D eigenvalue weighted by atomic mass is 35.5. The zero-order chi connectivity index (χ0) is 16.1. The Balaban J connectivity index is 0.00000208. The van der Waals surface area contributed by atoms with Crippen molar-refractivity contribution >= 4 is 24.2 Å². The minimum atomic E-state index is 0. The zero-order valence-electron chi connectivity index (χ0n) is 13.9. The van der Waals surface area contributed by atoms with E-state index in [1.54, 1.807) is 18.9 Å². The number of thioether (sulfide) groups is 1. The number of rotatable bonds is 7. The van der Waals surface area contributed by atoms with Gasteiger partial charge in [0.1, 0.15) is 5.75 Å². The van der Waals surface area contributed by atoms with Crippen LogP contribution in [0.15, 0.2) is 29.4 Å². The van der Waals surface area contributed by atoms with Gasteiger partial charge in [0.05, 0.1) is 25.4 Å². The Morgan fingerprint density at radius 1 is 1.42 bits per heavy atom. The zero-order valence-corrected chi connectivity index (χ0v) is 15.5. The topological polar surface area (TPSA) is 61.2 Å². The Hall–Kier alpha value is -1.28. The lowest BCUT2D eigenvalue weighted by atomic mass is 10.3. The molecule has 0 bridgehead atoms. The van der Waals surface area contributed by atoms with Crippen LogP contribution < -0.4 is 10.1 Å². The van der Waals surface area contributed by atoms with E-state index >= 15 is 0 Å². The fourth-order valence-corrected chi connectivity index (χ4v) is 3.65. The summed E-state index contributed by atoms with van der Waals surface area (Å²) < 4.78 is 13.1. The third-order valence-corrected chi connectivity index (χ3v) is 4.83. The molecule has 3 rings (SSSR count). The van der Waals surface area contributed by atoms with Gasteiger partial charge in [0, 0.05) is 18.4 Å². The highest BCUT2D eigenvalue weighted by molar-refractivity contribution is 7.99. The molecule has 1 aliphatic heterocycles. The number of aromatic nitrogens is 3. The highest BCUT2D eigenvalue weighted by Crippen LogP contribution is 2.27. The van der Waals surface area contributed by atoms with E-state index in [4.69, 9.17) is 9.47 Å². The number of hydrogen-bond acceptors (Lipinski definition) is 6. The highest BCUT2D eigenvalue weighted by Gasteiger charge is 2.19. The first-order chi connectivity index (χ1) is 11.3. The standard InChI is InChI=1S/C16H22N4O2S.ClH/c1-17-10-15-18-19-16(23-11-14-7-4-8-22-14)20(15)12-5-3-6-13(9-12)21-2;/h3,5-6,9,14,17H,4,7-8,10-11H2,1-2H3;1H. The second-order valence-corrected chi connectivity index (χ2v) is 6.40. The lowest BCUT2D eigenvalue weighted by molar-refractivity contribution is 0.129. The SMILES string of the molecule is CNCc1nnc(SCC2CCCO2)n1-c1cccc(OC)c1.Cl. The molecule has 0 radical (unpaired) electrons. The van der Waals surface area contributed by atoms with Crippen molar-refractivity contribution in [3.63, 3.8) is 0 Å². The Morgan fingerprint density at radius 2 is 2.29 bits per heavy atom. The van der Waals surface area contributed by atoms with Crippen LogP contribution in [-0.4, -0.2) is 47.4 Å². The Kier molecular flexibility index (Phi) is 7.36. The van der Waals surface area contributed by atoms with Gasteiger partial charge in [-0.25, -0.2) is 0 Å². The molecule has 132 valence electrons. The Bertz CT molecular complexity index is 647. The fourth-order valence-electron chi connectivity index (χ4n) is 2.62. The fraction of sp³-hybridized carbons (Fsp3) is 0.500. The van der Waals surface area contributed by atoms with Gasteiger partial charge >= 0.3 is 0 Å². The van der Waals surface area contributed by atoms with Crippen LogP contribution >= 0.6 is 24.2 Å². The van der Waals surface area contributed by atoms with Gasteiger partial charge < -0.3 is 14.8 Å². The molecular formula is C16H23ClN4O2S. The van der Waals surface area contributed by atoms with Gasteiger partial charge in [-0.3, -0.25) is 4.57 Å². The van der Waals surface area contributed by atoms with E-state index < -0.39 is 0 Å². The first kappa shape index (κ1) is 19.1. The molecule has 1 N–H and O–H groups in total. The van der Waals surface area contributed by atoms with Crippen LogP contribution in [0.2, 0.25) is 0 Å². The number of hydrogen-bond donors (Lipinski definition) is 1. The summed E-state index contributed by atoms with van der Waals surface area (Å²) in [5, 5.41) is 12.7. The molecule has 2 heterocycles. The molecule has 0 saturated carbocycles. The van der Waals surface area contributed by atoms with Gasteiger partial charge in [-0.15, -0.1) is 22.6 Å². The predicted octanol–water partition coefficient (Wildman–Crippen LogP) is 2.69. The van der Waals surface area contributed by atoms with E-state index in [2.05, 4.69) is 20.1 Å². The molecule has 1 fully saturated rings. The van der Waals surface area contributed by atoms with Gasteiger partial charge in [-0.05, 0) is 32.0 Å². The number of methoxy groups -OCH3 is 1. The van der Waals surface area contributed by atoms with Gasteiger partial charge in [0.15, 0.2) is 11.0 Å². The van der Waals surface area contributed by atoms with Crippen molar-refractivity contribution in [1.82, 2.24) is 20.1 Å². The lowest BCUT2D eigenvalue weighted by Crippen LogP contribution is -2.13. The summed E-state index contributed by atoms with van der Waals surface area (Å²) in [6.45, 7) is 1.53. The molecule has 1 aromatic heterocycles. The molecule has 24 heavy (non-hydrogen) atoms. The van der Waals surface area contributed by atoms with Crippen LogP contribution in [-0.2, 0) is 11.3 Å². The lowest BCUT2D eigenvalue weighted by Gasteiger charge is -2.12. The molecule has 1 unspecified atom stereocenters. The molecule has 1 aromatic carbocycles. The summed E-state index contributed by atoms with van der Waals surface area (Å²) >= 11 is 1.70. The van der Waals surface area contributed by atoms with Crippen molar-refractivity contribution in [2.75, 3.05) is 26.5 Å². The van der Waals surface area contributed by atoms with Crippen molar-refractivity contribution in [3.8, 4) is 11.4 Å². The predicted molar refractivity (Wildman–Crippen MR) is 97.6 cm³/mol. The third-order valence-electron chi connectivity index (χ3n) is 3.77. The number of nitrogens with one attached hydrogen (secondary N) is 1. The molecule has 1 atom stereocenters. The van der Waals surface area contributed by atoms with Crippen molar-refractivity contribution in [1.29, 1.82) is 0 Å². The van der Waals surface area contributed by atoms with Crippen LogP contribution in [0.4, 0.5) is 0 Å². The van der Waals surface area contributed by atoms with E-state index in [0.29, 0.717) is 12.6 Å². The molecule has 0 aliphatic carbocycles. The normalized spacial score (nSPS) is 16.8. The minimum absolute atomic E-state index is 0. The van der Waals surface area contributed by atoms with Crippen LogP contribution in [0, 0.1) is 0 Å². The van der Waals surface area contributed by atoms with Gasteiger partial charge in [-0.2, -0.15) is 0 Å². The number of halogens is 1. The average Bonchev–Trinajstić information content (AvgIpc) is 3.23. The number of benzene rings is 1. The minimum Gasteiger partial charge on any atom is -0.497 e. The van der Waals surface area contributed by atoms with Crippen LogP contribution in [0.5, 0.6) is 5.75 Å².